The topological polar surface area (TPSA) is 103 Å². The van der Waals surface area contributed by atoms with Crippen molar-refractivity contribution in [3.05, 3.63) is 23.8 Å². The van der Waals surface area contributed by atoms with Crippen LogP contribution >= 0.6 is 0 Å². The Morgan fingerprint density at radius 1 is 1.09 bits per heavy atom. The summed E-state index contributed by atoms with van der Waals surface area (Å²) in [5, 5.41) is 4.69. The number of hydrogen-bond donors (Lipinski definition) is 2. The predicted octanol–water partition coefficient (Wildman–Crippen LogP) is -0.277. The van der Waals surface area contributed by atoms with Crippen LogP contribution in [-0.2, 0) is 14.3 Å². The second-order valence-corrected chi connectivity index (χ2v) is 4.09. The summed E-state index contributed by atoms with van der Waals surface area (Å²) in [6.07, 6.45) is 0. The minimum absolute atomic E-state index is 0.303. The van der Waals surface area contributed by atoms with Crippen molar-refractivity contribution < 1.29 is 28.6 Å². The Labute approximate surface area is 127 Å². The maximum atomic E-state index is 11.9. The standard InChI is InChI=1S/C14H18N2O6/c1-15-12(17)8-22-13(18)7-16-14(19)9-4-5-10(20-2)11(6-9)21-3/h4-6H,7-8H2,1-3H3,(H,15,17)(H,16,19). The first-order valence-electron chi connectivity index (χ1n) is 6.38. The van der Waals surface area contributed by atoms with Gasteiger partial charge < -0.3 is 24.8 Å². The van der Waals surface area contributed by atoms with Crippen molar-refractivity contribution in [2.24, 2.45) is 0 Å². The third-order valence-corrected chi connectivity index (χ3v) is 2.68. The molecule has 0 saturated heterocycles. The van der Waals surface area contributed by atoms with E-state index in [1.807, 2.05) is 0 Å². The van der Waals surface area contributed by atoms with Crippen LogP contribution in [-0.4, -0.2) is 52.2 Å². The van der Waals surface area contributed by atoms with Crippen LogP contribution in [0, 0.1) is 0 Å². The molecule has 2 N–H and O–H groups in total. The molecule has 0 atom stereocenters. The Morgan fingerprint density at radius 3 is 2.36 bits per heavy atom. The summed E-state index contributed by atoms with van der Waals surface area (Å²) in [4.78, 5) is 34.2. The van der Waals surface area contributed by atoms with Gasteiger partial charge in [0.1, 0.15) is 6.54 Å². The van der Waals surface area contributed by atoms with Gasteiger partial charge in [0.25, 0.3) is 11.8 Å². The molecule has 0 aliphatic rings. The first-order chi connectivity index (χ1) is 10.5. The zero-order chi connectivity index (χ0) is 16.5. The molecule has 8 nitrogen and oxygen atoms in total. The first kappa shape index (κ1) is 17.3. The lowest BCUT2D eigenvalue weighted by atomic mass is 10.2. The Morgan fingerprint density at radius 2 is 1.77 bits per heavy atom. The van der Waals surface area contributed by atoms with E-state index >= 15 is 0 Å². The molecule has 1 rings (SSSR count). The molecule has 0 heterocycles. The Balaban J connectivity index is 2.55. The van der Waals surface area contributed by atoms with Gasteiger partial charge in [0.05, 0.1) is 14.2 Å². The molecule has 0 radical (unpaired) electrons. The van der Waals surface area contributed by atoms with Crippen LogP contribution in [0.4, 0.5) is 0 Å². The van der Waals surface area contributed by atoms with E-state index in [-0.39, 0.29) is 13.2 Å². The van der Waals surface area contributed by atoms with E-state index in [1.54, 1.807) is 6.07 Å². The van der Waals surface area contributed by atoms with Crippen LogP contribution in [0.1, 0.15) is 10.4 Å². The molecule has 1 aromatic carbocycles. The van der Waals surface area contributed by atoms with Gasteiger partial charge >= 0.3 is 5.97 Å². The van der Waals surface area contributed by atoms with Crippen molar-refractivity contribution in [3.63, 3.8) is 0 Å². The van der Waals surface area contributed by atoms with E-state index in [1.165, 1.54) is 33.4 Å². The maximum Gasteiger partial charge on any atom is 0.325 e. The lowest BCUT2D eigenvalue weighted by Gasteiger charge is -2.10. The van der Waals surface area contributed by atoms with Gasteiger partial charge in [0, 0.05) is 12.6 Å². The number of rotatable bonds is 7. The number of nitrogens with one attached hydrogen (secondary N) is 2. The summed E-state index contributed by atoms with van der Waals surface area (Å²) >= 11 is 0. The van der Waals surface area contributed by atoms with Crippen LogP contribution < -0.4 is 20.1 Å². The second-order valence-electron chi connectivity index (χ2n) is 4.09. The number of methoxy groups -OCH3 is 2. The smallest absolute Gasteiger partial charge is 0.325 e. The minimum atomic E-state index is -0.711. The molecule has 22 heavy (non-hydrogen) atoms. The van der Waals surface area contributed by atoms with Crippen LogP contribution in [0.25, 0.3) is 0 Å². The van der Waals surface area contributed by atoms with E-state index in [9.17, 15) is 14.4 Å². The highest BCUT2D eigenvalue weighted by molar-refractivity contribution is 5.96. The molecule has 2 amide bonds. The zero-order valence-corrected chi connectivity index (χ0v) is 12.6. The Bertz CT molecular complexity index is 558. The molecule has 0 aliphatic carbocycles. The predicted molar refractivity (Wildman–Crippen MR) is 76.9 cm³/mol. The lowest BCUT2D eigenvalue weighted by Crippen LogP contribution is -2.33. The molecule has 8 heteroatoms. The monoisotopic (exact) mass is 310 g/mol. The van der Waals surface area contributed by atoms with E-state index in [2.05, 4.69) is 15.4 Å². The third-order valence-electron chi connectivity index (χ3n) is 2.68. The summed E-state index contributed by atoms with van der Waals surface area (Å²) in [5.74, 6) is -0.726. The molecule has 0 bridgehead atoms. The van der Waals surface area contributed by atoms with Gasteiger partial charge in [-0.2, -0.15) is 0 Å². The zero-order valence-electron chi connectivity index (χ0n) is 12.6. The number of carbonyl (C=O) groups is 3. The number of ether oxygens (including phenoxy) is 3. The van der Waals surface area contributed by atoms with Gasteiger partial charge in [-0.15, -0.1) is 0 Å². The molecule has 120 valence electrons. The van der Waals surface area contributed by atoms with Crippen LogP contribution in [0.2, 0.25) is 0 Å². The summed E-state index contributed by atoms with van der Waals surface area (Å²) in [6, 6.07) is 4.61. The third kappa shape index (κ3) is 4.97. The van der Waals surface area contributed by atoms with Gasteiger partial charge in [-0.25, -0.2) is 0 Å². The maximum absolute atomic E-state index is 11.9. The highest BCUT2D eigenvalue weighted by Gasteiger charge is 2.13. The van der Waals surface area contributed by atoms with Crippen LogP contribution in [0.15, 0.2) is 18.2 Å². The Kier molecular flexibility index (Phi) is 6.68. The van der Waals surface area contributed by atoms with Gasteiger partial charge in [-0.1, -0.05) is 0 Å². The van der Waals surface area contributed by atoms with E-state index in [0.29, 0.717) is 17.1 Å². The number of likely N-dealkylation sites (N-methyl/N-ethyl adjacent to an activating group) is 1. The minimum Gasteiger partial charge on any atom is -0.493 e. The molecule has 0 aromatic heterocycles. The van der Waals surface area contributed by atoms with Gasteiger partial charge in [-0.3, -0.25) is 14.4 Å². The number of carbonyl (C=O) groups excluding carboxylic acids is 3. The average molecular weight is 310 g/mol. The van der Waals surface area contributed by atoms with Crippen LogP contribution in [0.3, 0.4) is 0 Å². The van der Waals surface area contributed by atoms with Crippen molar-refractivity contribution in [2.75, 3.05) is 34.4 Å². The second kappa shape index (κ2) is 8.50. The van der Waals surface area contributed by atoms with Gasteiger partial charge in [-0.05, 0) is 18.2 Å². The van der Waals surface area contributed by atoms with Crippen molar-refractivity contribution in [3.8, 4) is 11.5 Å². The largest absolute Gasteiger partial charge is 0.493 e. The van der Waals surface area contributed by atoms with E-state index < -0.39 is 17.8 Å². The fourth-order valence-electron chi connectivity index (χ4n) is 1.50. The van der Waals surface area contributed by atoms with Gasteiger partial charge in [0.15, 0.2) is 18.1 Å². The van der Waals surface area contributed by atoms with Crippen molar-refractivity contribution in [2.45, 2.75) is 0 Å². The van der Waals surface area contributed by atoms with E-state index in [0.717, 1.165) is 0 Å². The van der Waals surface area contributed by atoms with Gasteiger partial charge in [0.2, 0.25) is 0 Å². The molecule has 0 unspecified atom stereocenters. The summed E-state index contributed by atoms with van der Waals surface area (Å²) in [7, 11) is 4.37. The van der Waals surface area contributed by atoms with E-state index in [4.69, 9.17) is 9.47 Å². The lowest BCUT2D eigenvalue weighted by molar-refractivity contribution is -0.147. The average Bonchev–Trinajstić information content (AvgIpc) is 2.56. The van der Waals surface area contributed by atoms with Crippen molar-refractivity contribution >= 4 is 17.8 Å². The van der Waals surface area contributed by atoms with Crippen LogP contribution in [0.5, 0.6) is 11.5 Å². The fourth-order valence-corrected chi connectivity index (χ4v) is 1.50. The highest BCUT2D eigenvalue weighted by Crippen LogP contribution is 2.27. The molecular weight excluding hydrogens is 292 g/mol. The Hall–Kier alpha value is -2.77. The molecule has 1 aromatic rings. The number of benzene rings is 1. The number of amides is 2. The molecule has 0 spiro atoms. The normalized spacial score (nSPS) is 9.59. The van der Waals surface area contributed by atoms with Crippen molar-refractivity contribution in [1.82, 2.24) is 10.6 Å². The number of hydrogen-bond acceptors (Lipinski definition) is 6. The molecule has 0 saturated carbocycles. The first-order valence-corrected chi connectivity index (χ1v) is 6.38. The number of esters is 1. The molecule has 0 fully saturated rings. The summed E-state index contributed by atoms with van der Waals surface area (Å²) in [5.41, 5.74) is 0.303. The molecular formula is C14H18N2O6. The summed E-state index contributed by atoms with van der Waals surface area (Å²) in [6.45, 7) is -0.730. The van der Waals surface area contributed by atoms with Crippen molar-refractivity contribution in [1.29, 1.82) is 0 Å². The SMILES string of the molecule is CNC(=O)COC(=O)CNC(=O)c1ccc(OC)c(OC)c1. The summed E-state index contributed by atoms with van der Waals surface area (Å²) < 4.78 is 14.8. The quantitative estimate of drug-likeness (QED) is 0.672. The fraction of sp³-hybridized carbons (Fsp3) is 0.357. The highest BCUT2D eigenvalue weighted by atomic mass is 16.5. The molecule has 0 aliphatic heterocycles.